The van der Waals surface area contributed by atoms with E-state index in [0.717, 1.165) is 98.1 Å². The van der Waals surface area contributed by atoms with E-state index in [1.165, 1.54) is 34.7 Å². The highest BCUT2D eigenvalue weighted by atomic mass is 16.5. The van der Waals surface area contributed by atoms with Crippen LogP contribution in [0.4, 0.5) is 11.5 Å². The number of para-hydroxylation sites is 1. The van der Waals surface area contributed by atoms with Crippen LogP contribution in [0, 0.1) is 5.92 Å². The summed E-state index contributed by atoms with van der Waals surface area (Å²) in [6.07, 6.45) is 9.76. The lowest BCUT2D eigenvalue weighted by atomic mass is 9.96. The molecule has 2 amide bonds. The quantitative estimate of drug-likeness (QED) is 0.188. The first-order chi connectivity index (χ1) is 28.4. The van der Waals surface area contributed by atoms with Crippen molar-refractivity contribution in [2.75, 3.05) is 56.4 Å². The number of rotatable bonds is 8. The molecule has 1 unspecified atom stereocenters. The predicted molar refractivity (Wildman–Crippen MR) is 220 cm³/mol. The summed E-state index contributed by atoms with van der Waals surface area (Å²) in [7, 11) is 0. The third kappa shape index (κ3) is 7.76. The number of piperazine rings is 1. The molecule has 300 valence electrons. The van der Waals surface area contributed by atoms with Crippen LogP contribution in [0.15, 0.2) is 84.0 Å². The minimum absolute atomic E-state index is 0.213. The number of nitrogens with two attached hydrogens (primary N) is 1. The average molecular weight is 785 g/mol. The maximum absolute atomic E-state index is 12.7. The van der Waals surface area contributed by atoms with E-state index in [9.17, 15) is 14.4 Å². The highest BCUT2D eigenvalue weighted by Crippen LogP contribution is 2.36. The van der Waals surface area contributed by atoms with E-state index < -0.39 is 11.9 Å². The Morgan fingerprint density at radius 1 is 0.828 bits per heavy atom. The van der Waals surface area contributed by atoms with Gasteiger partial charge in [0.15, 0.2) is 11.3 Å². The normalized spacial score (nSPS) is 19.4. The van der Waals surface area contributed by atoms with Gasteiger partial charge < -0.3 is 25.6 Å². The second-order valence-corrected chi connectivity index (χ2v) is 15.6. The van der Waals surface area contributed by atoms with Crippen molar-refractivity contribution >= 4 is 40.0 Å². The molecule has 58 heavy (non-hydrogen) atoms. The molecule has 7 heterocycles. The summed E-state index contributed by atoms with van der Waals surface area (Å²) >= 11 is 0. The molecule has 0 bridgehead atoms. The minimum atomic E-state index is -0.740. The fraction of sp³-hybridized carbons (Fsp3) is 0.405. The summed E-state index contributed by atoms with van der Waals surface area (Å²) in [6.45, 7) is 7.49. The Labute approximate surface area is 335 Å². The standard InChI is InChI=1S/C23H23N5O.C19H25N7O3/c24-22-20-21(16-11-13-19(14-12-16)29-18-9-5-2-6-10-18)27-28(23(20)26-15-25-22)17-7-3-1-4-8-17;27-17-2-1-15(18(28)21-17)26-19(29)25-6-3-14(9-16(25)22-26)24-11-13(12-24)10-23-7-4-20-5-8-23/h2,5-6,9-15,17H,1,3-4,7-8H2,(H2,24,25,26);3,6,9,13,15,20H,1-2,4-5,7-8,10-12H2,(H,21,27,28). The lowest BCUT2D eigenvalue weighted by Gasteiger charge is -2.43. The number of ether oxygens (including phenoxy) is 1. The number of nitrogens with zero attached hydrogens (tertiary/aromatic N) is 9. The largest absolute Gasteiger partial charge is 0.457 e. The highest BCUT2D eigenvalue weighted by molar-refractivity contribution is 5.99. The van der Waals surface area contributed by atoms with Crippen molar-refractivity contribution in [2.24, 2.45) is 5.92 Å². The molecule has 16 heteroatoms. The van der Waals surface area contributed by atoms with Crippen LogP contribution in [0.25, 0.3) is 27.9 Å². The number of nitrogen functional groups attached to an aromatic ring is 1. The number of hydrogen-bond acceptors (Lipinski definition) is 12. The summed E-state index contributed by atoms with van der Waals surface area (Å²) in [4.78, 5) is 49.7. The van der Waals surface area contributed by atoms with Crippen LogP contribution in [0.1, 0.15) is 57.0 Å². The van der Waals surface area contributed by atoms with Crippen LogP contribution in [0.2, 0.25) is 0 Å². The SMILES string of the molecule is Nc1ncnc2c1c(-c1ccc(Oc3ccccc3)cc1)nn2C1CCCCC1.O=C1CCC(n2nc3cc(N4CC(CN5CCNCC5)C4)ccn3c2=O)C(=O)N1. The molecule has 1 saturated carbocycles. The van der Waals surface area contributed by atoms with Gasteiger partial charge >= 0.3 is 5.69 Å². The van der Waals surface area contributed by atoms with Gasteiger partial charge in [0.05, 0.1) is 11.4 Å². The molecule has 10 rings (SSSR count). The molecule has 2 aromatic carbocycles. The van der Waals surface area contributed by atoms with Crippen molar-refractivity contribution in [3.05, 3.63) is 89.7 Å². The number of carbonyl (C=O) groups excluding carboxylic acids is 2. The van der Waals surface area contributed by atoms with Crippen LogP contribution in [0.5, 0.6) is 11.5 Å². The van der Waals surface area contributed by atoms with E-state index in [-0.39, 0.29) is 18.0 Å². The molecule has 4 N–H and O–H groups in total. The maximum Gasteiger partial charge on any atom is 0.351 e. The van der Waals surface area contributed by atoms with E-state index in [4.69, 9.17) is 15.6 Å². The van der Waals surface area contributed by atoms with Gasteiger partial charge in [0, 0.05) is 81.7 Å². The second kappa shape index (κ2) is 16.4. The molecule has 0 radical (unpaired) electrons. The minimum Gasteiger partial charge on any atom is -0.457 e. The summed E-state index contributed by atoms with van der Waals surface area (Å²) in [5.41, 5.74) is 10.1. The Morgan fingerprint density at radius 3 is 2.34 bits per heavy atom. The number of benzene rings is 2. The smallest absolute Gasteiger partial charge is 0.351 e. The molecule has 3 saturated heterocycles. The van der Waals surface area contributed by atoms with Crippen LogP contribution in [-0.4, -0.2) is 96.5 Å². The Bertz CT molecular complexity index is 2460. The topological polar surface area (TPSA) is 183 Å². The fourth-order valence-electron chi connectivity index (χ4n) is 8.53. The van der Waals surface area contributed by atoms with Gasteiger partial charge in [-0.15, -0.1) is 5.10 Å². The van der Waals surface area contributed by atoms with Crippen LogP contribution in [0.3, 0.4) is 0 Å². The van der Waals surface area contributed by atoms with Gasteiger partial charge in [-0.25, -0.2) is 19.4 Å². The molecule has 1 atom stereocenters. The Balaban J connectivity index is 0.000000150. The number of pyridine rings is 1. The number of aromatic nitrogens is 7. The Kier molecular flexibility index (Phi) is 10.6. The number of hydrogen-bond donors (Lipinski definition) is 3. The summed E-state index contributed by atoms with van der Waals surface area (Å²) in [6, 6.07) is 21.1. The number of imide groups is 1. The van der Waals surface area contributed by atoms with Gasteiger partial charge in [0.25, 0.3) is 5.91 Å². The third-order valence-corrected chi connectivity index (χ3v) is 11.6. The number of piperidine rings is 1. The molecule has 1 aliphatic carbocycles. The van der Waals surface area contributed by atoms with E-state index in [1.807, 2.05) is 66.7 Å². The maximum atomic E-state index is 12.7. The summed E-state index contributed by atoms with van der Waals surface area (Å²) in [5.74, 6) is 1.94. The summed E-state index contributed by atoms with van der Waals surface area (Å²) < 4.78 is 10.6. The van der Waals surface area contributed by atoms with Crippen molar-refractivity contribution in [3.63, 3.8) is 0 Å². The lowest BCUT2D eigenvalue weighted by molar-refractivity contribution is -0.136. The molecule has 0 spiro atoms. The van der Waals surface area contributed by atoms with E-state index in [0.29, 0.717) is 29.8 Å². The van der Waals surface area contributed by atoms with Crippen LogP contribution < -0.4 is 31.7 Å². The van der Waals surface area contributed by atoms with E-state index in [2.05, 4.69) is 40.2 Å². The zero-order valence-corrected chi connectivity index (χ0v) is 32.4. The van der Waals surface area contributed by atoms with Gasteiger partial charge in [0.2, 0.25) is 5.91 Å². The molecule has 16 nitrogen and oxygen atoms in total. The summed E-state index contributed by atoms with van der Waals surface area (Å²) in [5, 5.41) is 15.8. The fourth-order valence-corrected chi connectivity index (χ4v) is 8.53. The van der Waals surface area contributed by atoms with Crippen LogP contribution >= 0.6 is 0 Å². The molecule has 6 aromatic rings. The van der Waals surface area contributed by atoms with Gasteiger partial charge in [0.1, 0.15) is 35.4 Å². The lowest BCUT2D eigenvalue weighted by Crippen LogP contribution is -2.54. The molecular weight excluding hydrogens is 737 g/mol. The molecule has 4 aliphatic rings. The highest BCUT2D eigenvalue weighted by Gasteiger charge is 2.32. The number of amides is 2. The van der Waals surface area contributed by atoms with Gasteiger partial charge in [-0.1, -0.05) is 37.5 Å². The Morgan fingerprint density at radius 2 is 1.59 bits per heavy atom. The van der Waals surface area contributed by atoms with Crippen molar-refractivity contribution in [2.45, 2.75) is 57.0 Å². The first-order valence-corrected chi connectivity index (χ1v) is 20.3. The van der Waals surface area contributed by atoms with Crippen molar-refractivity contribution in [1.29, 1.82) is 0 Å². The first-order valence-electron chi connectivity index (χ1n) is 20.3. The first kappa shape index (κ1) is 37.4. The van der Waals surface area contributed by atoms with E-state index >= 15 is 0 Å². The Hall–Kier alpha value is -6.13. The number of nitrogens with one attached hydrogen (secondary N) is 2. The molecule has 4 fully saturated rings. The van der Waals surface area contributed by atoms with Crippen molar-refractivity contribution in [3.8, 4) is 22.8 Å². The van der Waals surface area contributed by atoms with Crippen LogP contribution in [-0.2, 0) is 9.59 Å². The number of carbonyl (C=O) groups is 2. The van der Waals surface area contributed by atoms with Gasteiger partial charge in [-0.3, -0.25) is 19.3 Å². The van der Waals surface area contributed by atoms with Gasteiger partial charge in [-0.2, -0.15) is 9.78 Å². The monoisotopic (exact) mass is 784 g/mol. The molecule has 4 aromatic heterocycles. The van der Waals surface area contributed by atoms with E-state index in [1.54, 1.807) is 6.20 Å². The molecule has 3 aliphatic heterocycles. The zero-order chi connectivity index (χ0) is 39.6. The predicted octanol–water partition coefficient (Wildman–Crippen LogP) is 4.19. The zero-order valence-electron chi connectivity index (χ0n) is 32.4. The average Bonchev–Trinajstić information content (AvgIpc) is 3.79. The number of anilines is 2. The molecular formula is C42H48N12O4. The van der Waals surface area contributed by atoms with Crippen molar-refractivity contribution in [1.82, 2.24) is 49.5 Å². The third-order valence-electron chi connectivity index (χ3n) is 11.6. The second-order valence-electron chi connectivity index (χ2n) is 15.6. The van der Waals surface area contributed by atoms with Crippen molar-refractivity contribution < 1.29 is 14.3 Å². The number of fused-ring (bicyclic) bond motifs is 2. The van der Waals surface area contributed by atoms with Gasteiger partial charge in [-0.05, 0) is 61.7 Å².